The Labute approximate surface area is 194 Å². The molecule has 0 spiro atoms. The van der Waals surface area contributed by atoms with Gasteiger partial charge in [-0.25, -0.2) is 8.78 Å². The van der Waals surface area contributed by atoms with Crippen molar-refractivity contribution in [3.8, 4) is 0 Å². The van der Waals surface area contributed by atoms with Crippen molar-refractivity contribution in [1.29, 1.82) is 0 Å². The van der Waals surface area contributed by atoms with Gasteiger partial charge in [-0.1, -0.05) is 25.3 Å². The van der Waals surface area contributed by atoms with E-state index in [1.54, 1.807) is 13.2 Å². The Balaban J connectivity index is 0. The molecule has 12 heteroatoms. The summed E-state index contributed by atoms with van der Waals surface area (Å²) < 4.78 is 122. The van der Waals surface area contributed by atoms with Crippen LogP contribution < -0.4 is 0 Å². The van der Waals surface area contributed by atoms with Gasteiger partial charge in [-0.3, -0.25) is 0 Å². The molecule has 2 atom stereocenters. The van der Waals surface area contributed by atoms with Crippen LogP contribution in [0.15, 0.2) is 50.1 Å². The van der Waals surface area contributed by atoms with Crippen molar-refractivity contribution in [3.63, 3.8) is 0 Å². The first-order chi connectivity index (χ1) is 15.6. The lowest BCUT2D eigenvalue weighted by Gasteiger charge is -2.42. The summed E-state index contributed by atoms with van der Waals surface area (Å²) in [5.74, 6) is -3.82. The molecule has 2 unspecified atom stereocenters. The lowest BCUT2D eigenvalue weighted by atomic mass is 9.80. The van der Waals surface area contributed by atoms with Crippen LogP contribution in [-0.2, 0) is 18.9 Å². The maximum absolute atomic E-state index is 13.1. The minimum absolute atomic E-state index is 0.116. The molecule has 0 saturated carbocycles. The normalized spacial score (nSPS) is 13.9. The molecular weight excluding hydrogens is 480 g/mol. The minimum atomic E-state index is -5.83. The van der Waals surface area contributed by atoms with Crippen molar-refractivity contribution in [3.05, 3.63) is 50.1 Å². The third-order valence-electron chi connectivity index (χ3n) is 4.31. The van der Waals surface area contributed by atoms with Crippen LogP contribution in [0.3, 0.4) is 0 Å². The fourth-order valence-electron chi connectivity index (χ4n) is 2.98. The van der Waals surface area contributed by atoms with Crippen LogP contribution in [0.5, 0.6) is 0 Å². The Bertz CT molecular complexity index is 603. The molecule has 0 radical (unpaired) electrons. The predicted octanol–water partition coefficient (Wildman–Crippen LogP) is 7.21. The van der Waals surface area contributed by atoms with Crippen molar-refractivity contribution in [1.82, 2.24) is 0 Å². The van der Waals surface area contributed by atoms with Crippen LogP contribution in [0, 0.1) is 11.8 Å². The summed E-state index contributed by atoms with van der Waals surface area (Å²) in [4.78, 5) is 0. The summed E-state index contributed by atoms with van der Waals surface area (Å²) in [6.07, 6.45) is -9.96. The smallest absolute Gasteiger partial charge is 0.359 e. The van der Waals surface area contributed by atoms with E-state index in [0.29, 0.717) is 13.0 Å². The third-order valence-corrected chi connectivity index (χ3v) is 4.31. The number of rotatable bonds is 16. The zero-order valence-corrected chi connectivity index (χ0v) is 19.2. The zero-order valence-electron chi connectivity index (χ0n) is 19.2. The second-order valence-corrected chi connectivity index (χ2v) is 7.11. The first-order valence-corrected chi connectivity index (χ1v) is 9.85. The second kappa shape index (κ2) is 16.8. The fraction of sp³-hybridized carbons (Fsp3) is 0.636. The van der Waals surface area contributed by atoms with Crippen LogP contribution in [-0.4, -0.2) is 52.4 Å². The van der Waals surface area contributed by atoms with E-state index in [4.69, 9.17) is 9.47 Å². The Morgan fingerprint density at radius 2 is 1.26 bits per heavy atom. The van der Waals surface area contributed by atoms with E-state index in [1.165, 1.54) is 0 Å². The molecule has 0 saturated heterocycles. The largest absolute Gasteiger partial charge is 0.426 e. The lowest BCUT2D eigenvalue weighted by Crippen LogP contribution is -2.63. The monoisotopic (exact) mass is 512 g/mol. The molecule has 34 heavy (non-hydrogen) atoms. The van der Waals surface area contributed by atoms with Gasteiger partial charge in [0, 0.05) is 33.0 Å². The van der Waals surface area contributed by atoms with Gasteiger partial charge < -0.3 is 18.9 Å². The van der Waals surface area contributed by atoms with E-state index in [9.17, 15) is 35.1 Å². The Kier molecular flexibility index (Phi) is 17.0. The molecule has 0 aliphatic carbocycles. The van der Waals surface area contributed by atoms with Gasteiger partial charge in [-0.2, -0.15) is 26.3 Å². The number of halogens is 8. The summed E-state index contributed by atoms with van der Waals surface area (Å²) in [5.41, 5.74) is -4.57. The van der Waals surface area contributed by atoms with Gasteiger partial charge in [0.25, 0.3) is 5.60 Å². The lowest BCUT2D eigenvalue weighted by molar-refractivity contribution is -0.408. The van der Waals surface area contributed by atoms with Gasteiger partial charge >= 0.3 is 12.4 Å². The molecular formula is C22H32F8O4. The molecule has 0 rings (SSSR count). The number of hydrogen-bond donors (Lipinski definition) is 0. The topological polar surface area (TPSA) is 36.9 Å². The molecule has 0 aromatic carbocycles. The molecule has 4 nitrogen and oxygen atoms in total. The van der Waals surface area contributed by atoms with E-state index in [-0.39, 0.29) is 18.5 Å². The Morgan fingerprint density at radius 1 is 0.794 bits per heavy atom. The second-order valence-electron chi connectivity index (χ2n) is 7.11. The number of hydrogen-bond acceptors (Lipinski definition) is 4. The van der Waals surface area contributed by atoms with E-state index in [0.717, 1.165) is 19.6 Å². The van der Waals surface area contributed by atoms with Crippen LogP contribution in [0.4, 0.5) is 35.1 Å². The van der Waals surface area contributed by atoms with E-state index < -0.39 is 49.3 Å². The highest BCUT2D eigenvalue weighted by molar-refractivity contribution is 5.06. The van der Waals surface area contributed by atoms with Gasteiger partial charge in [0.1, 0.15) is 13.6 Å². The summed E-state index contributed by atoms with van der Waals surface area (Å²) >= 11 is 0. The number of allylic oxidation sites excluding steroid dienone is 4. The Hall–Kier alpha value is -1.76. The van der Waals surface area contributed by atoms with Crippen LogP contribution in [0.1, 0.15) is 25.7 Å². The molecule has 0 aliphatic rings. The molecule has 0 aromatic rings. The predicted molar refractivity (Wildman–Crippen MR) is 112 cm³/mol. The highest BCUT2D eigenvalue weighted by Crippen LogP contribution is 2.53. The number of alkyl halides is 6. The summed E-state index contributed by atoms with van der Waals surface area (Å²) in [5, 5.41) is 0. The maximum Gasteiger partial charge on any atom is 0.426 e. The average molecular weight is 512 g/mol. The SMILES string of the molecule is C=CCC(CC(=C)F)C(OCOC)(C(F)(F)F)C(F)(F)F.C=CCC(COCOC)CC(=C)F. The van der Waals surface area contributed by atoms with E-state index in [1.807, 2.05) is 0 Å². The highest BCUT2D eigenvalue weighted by Gasteiger charge is 2.75. The minimum Gasteiger partial charge on any atom is -0.359 e. The quantitative estimate of drug-likeness (QED) is 0.0948. The molecule has 0 bridgehead atoms. The van der Waals surface area contributed by atoms with Crippen LogP contribution >= 0.6 is 0 Å². The van der Waals surface area contributed by atoms with Gasteiger partial charge in [-0.05, 0) is 18.8 Å². The molecule has 0 amide bonds. The number of ether oxygens (including phenoxy) is 4. The van der Waals surface area contributed by atoms with Gasteiger partial charge in [0.2, 0.25) is 0 Å². The summed E-state index contributed by atoms with van der Waals surface area (Å²) in [6, 6.07) is 0. The van der Waals surface area contributed by atoms with Gasteiger partial charge in [0.05, 0.1) is 18.3 Å². The summed E-state index contributed by atoms with van der Waals surface area (Å²) in [6.45, 7) is 12.1. The zero-order chi connectivity index (χ0) is 27.0. The van der Waals surface area contributed by atoms with Crippen molar-refractivity contribution >= 4 is 0 Å². The van der Waals surface area contributed by atoms with Crippen molar-refractivity contribution < 1.29 is 54.1 Å². The molecule has 200 valence electrons. The number of methoxy groups -OCH3 is 2. The molecule has 0 N–H and O–H groups in total. The molecule has 0 heterocycles. The van der Waals surface area contributed by atoms with Crippen molar-refractivity contribution in [2.45, 2.75) is 43.6 Å². The fourth-order valence-corrected chi connectivity index (χ4v) is 2.98. The van der Waals surface area contributed by atoms with Gasteiger partial charge in [-0.15, -0.1) is 13.2 Å². The van der Waals surface area contributed by atoms with Crippen molar-refractivity contribution in [2.75, 3.05) is 34.4 Å². The first kappa shape index (κ1) is 34.4. The van der Waals surface area contributed by atoms with E-state index >= 15 is 0 Å². The van der Waals surface area contributed by atoms with Gasteiger partial charge in [0.15, 0.2) is 0 Å². The average Bonchev–Trinajstić information content (AvgIpc) is 2.66. The van der Waals surface area contributed by atoms with E-state index in [2.05, 4.69) is 35.8 Å². The Morgan fingerprint density at radius 3 is 1.62 bits per heavy atom. The standard InChI is InChI=1S/C12H15F7O2.C10H17FO2/c1-4-5-9(6-8(2)13)10(11(14,15)16,12(17,18)19)21-7-20-3;1-4-5-10(6-9(2)11)7-13-8-12-3/h4,9H,1-2,5-7H2,3H3;4,10H,1-2,5-8H2,3H3. The maximum atomic E-state index is 13.1. The first-order valence-electron chi connectivity index (χ1n) is 9.85. The van der Waals surface area contributed by atoms with Crippen LogP contribution in [0.25, 0.3) is 0 Å². The molecule has 0 aliphatic heterocycles. The van der Waals surface area contributed by atoms with Crippen LogP contribution in [0.2, 0.25) is 0 Å². The molecule has 0 aromatic heterocycles. The molecule has 0 fully saturated rings. The third kappa shape index (κ3) is 12.1. The summed E-state index contributed by atoms with van der Waals surface area (Å²) in [7, 11) is 2.42. The van der Waals surface area contributed by atoms with Crippen molar-refractivity contribution in [2.24, 2.45) is 11.8 Å². The highest BCUT2D eigenvalue weighted by atomic mass is 19.4.